The molecule has 3 rings (SSSR count). The van der Waals surface area contributed by atoms with Gasteiger partial charge in [0, 0.05) is 11.3 Å². The Morgan fingerprint density at radius 3 is 2.65 bits per heavy atom. The number of benzene rings is 1. The number of Topliss-reactive ketones (excluding diaryl/α,β-unsaturated/α-hetero) is 2. The van der Waals surface area contributed by atoms with Crippen LogP contribution in [0.1, 0.15) is 32.2 Å². The van der Waals surface area contributed by atoms with Crippen molar-refractivity contribution < 1.29 is 9.59 Å². The summed E-state index contributed by atoms with van der Waals surface area (Å²) in [5.74, 6) is -1.43. The van der Waals surface area contributed by atoms with Crippen molar-refractivity contribution in [1.82, 2.24) is 20.6 Å². The van der Waals surface area contributed by atoms with E-state index in [1.165, 1.54) is 22.5 Å². The lowest BCUT2D eigenvalue weighted by Crippen LogP contribution is -2.18. The molecule has 116 valence electrons. The molecule has 0 aliphatic carbocycles. The Kier molecular flexibility index (Phi) is 4.38. The molecule has 0 fully saturated rings. The minimum atomic E-state index is -0.714. The van der Waals surface area contributed by atoms with Gasteiger partial charge in [0.15, 0.2) is 0 Å². The first-order chi connectivity index (χ1) is 11.1. The summed E-state index contributed by atoms with van der Waals surface area (Å²) in [6, 6.07) is 10.3. The van der Waals surface area contributed by atoms with Gasteiger partial charge in [-0.2, -0.15) is 5.21 Å². The van der Waals surface area contributed by atoms with Gasteiger partial charge < -0.3 is 0 Å². The summed E-state index contributed by atoms with van der Waals surface area (Å²) >= 11 is 1.48. The van der Waals surface area contributed by atoms with E-state index in [1.54, 1.807) is 0 Å². The minimum absolute atomic E-state index is 0.0617. The maximum absolute atomic E-state index is 12.1. The molecule has 3 aromatic rings. The zero-order chi connectivity index (χ0) is 16.2. The van der Waals surface area contributed by atoms with E-state index in [4.69, 9.17) is 0 Å². The highest BCUT2D eigenvalue weighted by Crippen LogP contribution is 2.21. The molecule has 0 amide bonds. The summed E-state index contributed by atoms with van der Waals surface area (Å²) in [5, 5.41) is 14.5. The van der Waals surface area contributed by atoms with Gasteiger partial charge in [0.25, 0.3) is 5.78 Å². The smallest absolute Gasteiger partial charge is 0.269 e. The average Bonchev–Trinajstić information content (AvgIpc) is 3.21. The first-order valence-corrected chi connectivity index (χ1v) is 7.93. The van der Waals surface area contributed by atoms with Crippen LogP contribution in [0.2, 0.25) is 0 Å². The van der Waals surface area contributed by atoms with Crippen molar-refractivity contribution in [2.45, 2.75) is 19.8 Å². The number of ketones is 2. The van der Waals surface area contributed by atoms with Crippen LogP contribution >= 0.6 is 11.3 Å². The molecule has 0 spiro atoms. The highest BCUT2D eigenvalue weighted by molar-refractivity contribution is 7.10. The summed E-state index contributed by atoms with van der Waals surface area (Å²) < 4.78 is 0. The molecule has 2 aromatic heterocycles. The van der Waals surface area contributed by atoms with Crippen molar-refractivity contribution in [3.8, 4) is 0 Å². The lowest BCUT2D eigenvalue weighted by molar-refractivity contribution is -0.114. The van der Waals surface area contributed by atoms with Crippen LogP contribution in [0.5, 0.6) is 0 Å². The molecule has 6 nitrogen and oxygen atoms in total. The van der Waals surface area contributed by atoms with Crippen LogP contribution in [0, 0.1) is 6.92 Å². The molecule has 0 saturated carbocycles. The Hall–Kier alpha value is -2.67. The lowest BCUT2D eigenvalue weighted by Gasteiger charge is -2.04. The van der Waals surface area contributed by atoms with Crippen LogP contribution in [0.3, 0.4) is 0 Å². The highest BCUT2D eigenvalue weighted by atomic mass is 32.1. The van der Waals surface area contributed by atoms with Gasteiger partial charge in [-0.15, -0.1) is 21.5 Å². The Morgan fingerprint density at radius 1 is 1.17 bits per heavy atom. The van der Waals surface area contributed by atoms with E-state index in [0.29, 0.717) is 0 Å². The largest absolute Gasteiger partial charge is 0.290 e. The number of aromatic nitrogens is 4. The molecule has 0 saturated heterocycles. The zero-order valence-electron chi connectivity index (χ0n) is 12.4. The quantitative estimate of drug-likeness (QED) is 0.554. The number of hydrogen-bond acceptors (Lipinski definition) is 6. The van der Waals surface area contributed by atoms with Gasteiger partial charge in [0.05, 0.1) is 0 Å². The van der Waals surface area contributed by atoms with E-state index in [-0.39, 0.29) is 12.2 Å². The third-order valence-electron chi connectivity index (χ3n) is 3.48. The molecule has 0 radical (unpaired) electrons. The van der Waals surface area contributed by atoms with Crippen LogP contribution in [-0.4, -0.2) is 32.2 Å². The third kappa shape index (κ3) is 3.57. The Bertz CT molecular complexity index is 822. The van der Waals surface area contributed by atoms with Crippen LogP contribution < -0.4 is 0 Å². The van der Waals surface area contributed by atoms with E-state index in [9.17, 15) is 9.59 Å². The minimum Gasteiger partial charge on any atom is -0.290 e. The molecule has 23 heavy (non-hydrogen) atoms. The second kappa shape index (κ2) is 6.62. The predicted octanol–water partition coefficient (Wildman–Crippen LogP) is 2.15. The first-order valence-electron chi connectivity index (χ1n) is 7.05. The number of aryl methyl sites for hydroxylation is 1. The number of H-pyrrole nitrogens is 1. The number of carbonyl (C=O) groups is 2. The molecule has 1 N–H and O–H groups in total. The maximum Gasteiger partial charge on any atom is 0.269 e. The van der Waals surface area contributed by atoms with E-state index in [0.717, 1.165) is 16.9 Å². The van der Waals surface area contributed by atoms with Crippen LogP contribution in [-0.2, 0) is 17.6 Å². The van der Waals surface area contributed by atoms with Crippen LogP contribution in [0.4, 0.5) is 0 Å². The Labute approximate surface area is 136 Å². The number of thiophene rings is 1. The fourth-order valence-corrected chi connectivity index (χ4v) is 3.12. The normalized spacial score (nSPS) is 10.7. The van der Waals surface area contributed by atoms with Crippen molar-refractivity contribution in [3.63, 3.8) is 0 Å². The second-order valence-electron chi connectivity index (χ2n) is 5.20. The molecule has 0 unspecified atom stereocenters. The fraction of sp³-hybridized carbons (Fsp3) is 0.188. The van der Waals surface area contributed by atoms with E-state index in [1.807, 2.05) is 18.4 Å². The third-order valence-corrected chi connectivity index (χ3v) is 4.44. The molecule has 0 aliphatic rings. The number of tetrazole rings is 1. The summed E-state index contributed by atoms with van der Waals surface area (Å²) in [6.07, 6.45) is 0.801. The molecule has 7 heteroatoms. The van der Waals surface area contributed by atoms with Gasteiger partial charge in [-0.3, -0.25) is 9.59 Å². The monoisotopic (exact) mass is 326 g/mol. The first kappa shape index (κ1) is 15.2. The van der Waals surface area contributed by atoms with E-state index >= 15 is 0 Å². The molecule has 2 heterocycles. The molecule has 1 aromatic carbocycles. The zero-order valence-corrected chi connectivity index (χ0v) is 13.3. The number of aromatic amines is 1. The van der Waals surface area contributed by atoms with Crippen molar-refractivity contribution in [1.29, 1.82) is 0 Å². The number of nitrogens with zero attached hydrogens (tertiary/aromatic N) is 3. The number of carbonyl (C=O) groups excluding carboxylic acids is 2. The van der Waals surface area contributed by atoms with Crippen LogP contribution in [0.25, 0.3) is 0 Å². The predicted molar refractivity (Wildman–Crippen MR) is 85.5 cm³/mol. The SMILES string of the molecule is Cc1ccc(Cc2ccsc2CC(=O)C(=O)c2nn[nH]n2)cc1. The topological polar surface area (TPSA) is 88.6 Å². The molecular formula is C16H14N4O2S. The van der Waals surface area contributed by atoms with Gasteiger partial charge in [-0.1, -0.05) is 29.8 Å². The molecule has 0 aliphatic heterocycles. The fourth-order valence-electron chi connectivity index (χ4n) is 2.21. The van der Waals surface area contributed by atoms with Crippen molar-refractivity contribution in [3.05, 3.63) is 63.1 Å². The maximum atomic E-state index is 12.1. The van der Waals surface area contributed by atoms with E-state index < -0.39 is 11.6 Å². The molecule has 0 bridgehead atoms. The number of nitrogens with one attached hydrogen (secondary N) is 1. The number of hydrogen-bond donors (Lipinski definition) is 1. The summed E-state index contributed by atoms with van der Waals surface area (Å²) in [6.45, 7) is 2.04. The molecule has 0 atom stereocenters. The average molecular weight is 326 g/mol. The van der Waals surface area contributed by atoms with Crippen molar-refractivity contribution in [2.24, 2.45) is 0 Å². The Morgan fingerprint density at radius 2 is 1.96 bits per heavy atom. The van der Waals surface area contributed by atoms with Crippen molar-refractivity contribution in [2.75, 3.05) is 0 Å². The van der Waals surface area contributed by atoms with Gasteiger partial charge in [0.2, 0.25) is 11.6 Å². The summed E-state index contributed by atoms with van der Waals surface area (Å²) in [5.41, 5.74) is 3.44. The van der Waals surface area contributed by atoms with Crippen molar-refractivity contribution >= 4 is 22.9 Å². The number of rotatable bonds is 6. The van der Waals surface area contributed by atoms with Gasteiger partial charge in [0.1, 0.15) is 0 Å². The molecular weight excluding hydrogens is 312 g/mol. The highest BCUT2D eigenvalue weighted by Gasteiger charge is 2.22. The van der Waals surface area contributed by atoms with E-state index in [2.05, 4.69) is 44.9 Å². The van der Waals surface area contributed by atoms with Gasteiger partial charge in [-0.25, -0.2) is 0 Å². The van der Waals surface area contributed by atoms with Gasteiger partial charge >= 0.3 is 0 Å². The lowest BCUT2D eigenvalue weighted by atomic mass is 10.0. The van der Waals surface area contributed by atoms with Gasteiger partial charge in [-0.05, 0) is 41.1 Å². The summed E-state index contributed by atoms with van der Waals surface area (Å²) in [7, 11) is 0. The Balaban J connectivity index is 1.72. The van der Waals surface area contributed by atoms with Crippen LogP contribution in [0.15, 0.2) is 35.7 Å². The second-order valence-corrected chi connectivity index (χ2v) is 6.20. The standard InChI is InChI=1S/C16H14N4O2S/c1-10-2-4-11(5-3-10)8-12-6-7-23-14(12)9-13(21)15(22)16-17-19-20-18-16/h2-7H,8-9H2,1H3,(H,17,18,19,20). The summed E-state index contributed by atoms with van der Waals surface area (Å²) in [4.78, 5) is 24.9.